The maximum Gasteiger partial charge on any atom is 0.141 e. The molecule has 0 N–H and O–H groups in total. The van der Waals surface area contributed by atoms with Crippen LogP contribution in [0.3, 0.4) is 0 Å². The van der Waals surface area contributed by atoms with Gasteiger partial charge in [0.05, 0.1) is 5.56 Å². The van der Waals surface area contributed by atoms with E-state index in [0.717, 1.165) is 35.1 Å². The molecule has 5 rings (SSSR count). The number of hydrogen-bond acceptors (Lipinski definition) is 2. The van der Waals surface area contributed by atoms with Crippen molar-refractivity contribution >= 4 is 0 Å². The van der Waals surface area contributed by atoms with Crippen molar-refractivity contribution in [2.45, 2.75) is 63.1 Å². The highest BCUT2D eigenvalue weighted by Crippen LogP contribution is 2.48. The van der Waals surface area contributed by atoms with Crippen LogP contribution >= 0.6 is 0 Å². The second-order valence-electron chi connectivity index (χ2n) is 8.20. The molecule has 2 aromatic carbocycles. The van der Waals surface area contributed by atoms with Gasteiger partial charge in [0, 0.05) is 24.2 Å². The summed E-state index contributed by atoms with van der Waals surface area (Å²) < 4.78 is 29.1. The fourth-order valence-electron chi connectivity index (χ4n) is 5.12. The van der Waals surface area contributed by atoms with Crippen LogP contribution < -0.4 is 0 Å². The van der Waals surface area contributed by atoms with Crippen LogP contribution in [0.5, 0.6) is 0 Å². The molecule has 0 radical (unpaired) electrons. The Balaban J connectivity index is 1.59. The Morgan fingerprint density at radius 1 is 0.926 bits per heavy atom. The first kappa shape index (κ1) is 16.9. The van der Waals surface area contributed by atoms with Gasteiger partial charge in [0.2, 0.25) is 0 Å². The van der Waals surface area contributed by atoms with E-state index in [1.807, 2.05) is 6.07 Å². The van der Waals surface area contributed by atoms with E-state index in [1.54, 1.807) is 12.1 Å². The van der Waals surface area contributed by atoms with Gasteiger partial charge in [-0.15, -0.1) is 0 Å². The third-order valence-electron chi connectivity index (χ3n) is 6.63. The van der Waals surface area contributed by atoms with Gasteiger partial charge >= 0.3 is 0 Å². The zero-order chi connectivity index (χ0) is 18.5. The summed E-state index contributed by atoms with van der Waals surface area (Å²) in [5, 5.41) is 8.98. The number of halogens is 2. The lowest BCUT2D eigenvalue weighted by molar-refractivity contribution is 0.240. The Hall–Kier alpha value is -2.25. The molecule has 0 atom stereocenters. The monoisotopic (exact) mass is 364 g/mol. The number of nitriles is 1. The van der Waals surface area contributed by atoms with Gasteiger partial charge in [0.25, 0.3) is 0 Å². The average molecular weight is 364 g/mol. The molecule has 2 aromatic rings. The smallest absolute Gasteiger partial charge is 0.141 e. The second kappa shape index (κ2) is 6.42. The Bertz CT molecular complexity index is 922. The van der Waals surface area contributed by atoms with Crippen molar-refractivity contribution in [3.63, 3.8) is 0 Å². The van der Waals surface area contributed by atoms with Gasteiger partial charge in [-0.05, 0) is 79.3 Å². The molecule has 3 aliphatic rings. The lowest BCUT2D eigenvalue weighted by Crippen LogP contribution is -2.29. The van der Waals surface area contributed by atoms with Crippen molar-refractivity contribution in [1.82, 2.24) is 4.90 Å². The van der Waals surface area contributed by atoms with E-state index in [4.69, 9.17) is 5.26 Å². The molecule has 3 fully saturated rings. The molecule has 0 spiro atoms. The minimum Gasteiger partial charge on any atom is -0.293 e. The number of fused-ring (bicyclic) bond motifs is 2. The molecule has 138 valence electrons. The molecule has 2 heterocycles. The number of rotatable bonds is 4. The normalized spacial score (nSPS) is 24.3. The van der Waals surface area contributed by atoms with Crippen LogP contribution in [0.1, 0.15) is 61.1 Å². The Morgan fingerprint density at radius 2 is 1.63 bits per heavy atom. The molecule has 1 aliphatic carbocycles. The second-order valence-corrected chi connectivity index (χ2v) is 8.20. The van der Waals surface area contributed by atoms with Gasteiger partial charge in [-0.2, -0.15) is 5.26 Å². The van der Waals surface area contributed by atoms with Crippen molar-refractivity contribution in [2.75, 3.05) is 0 Å². The maximum atomic E-state index is 14.9. The van der Waals surface area contributed by atoms with Crippen molar-refractivity contribution in [3.05, 3.63) is 58.7 Å². The third-order valence-corrected chi connectivity index (χ3v) is 6.63. The van der Waals surface area contributed by atoms with E-state index < -0.39 is 5.82 Å². The lowest BCUT2D eigenvalue weighted by atomic mass is 9.91. The highest BCUT2D eigenvalue weighted by atomic mass is 19.1. The van der Waals surface area contributed by atoms with Crippen molar-refractivity contribution < 1.29 is 8.78 Å². The summed E-state index contributed by atoms with van der Waals surface area (Å²) in [7, 11) is 0. The zero-order valence-corrected chi connectivity index (χ0v) is 15.2. The zero-order valence-electron chi connectivity index (χ0n) is 15.2. The molecule has 2 bridgehead atoms. The summed E-state index contributed by atoms with van der Waals surface area (Å²) in [6.07, 6.45) is 7.04. The molecule has 0 amide bonds. The topological polar surface area (TPSA) is 27.0 Å². The number of hydrogen-bond donors (Lipinski definition) is 0. The van der Waals surface area contributed by atoms with Gasteiger partial charge in [-0.1, -0.05) is 12.1 Å². The highest BCUT2D eigenvalue weighted by Gasteiger charge is 2.40. The molecule has 2 aliphatic heterocycles. The maximum absolute atomic E-state index is 14.9. The summed E-state index contributed by atoms with van der Waals surface area (Å²) in [4.78, 5) is 2.49. The molecule has 2 nitrogen and oxygen atoms in total. The number of nitrogens with zero attached hydrogens (tertiary/aromatic N) is 2. The fraction of sp³-hybridized carbons (Fsp3) is 0.435. The standard InChI is InChI=1S/C23H22F2N2/c24-21-10-9-19(15-3-4-16(12-26)22(25)11-15)23(14-1-2-14)20(21)13-27-17-5-6-18(27)8-7-17/h3-4,9-11,14,17-18H,1-2,5-8,13H2. The molecule has 2 saturated heterocycles. The first-order chi connectivity index (χ1) is 13.2. The van der Waals surface area contributed by atoms with Crippen LogP contribution in [0.2, 0.25) is 0 Å². The van der Waals surface area contributed by atoms with Crippen LogP contribution in [0.4, 0.5) is 8.78 Å². The van der Waals surface area contributed by atoms with E-state index in [0.29, 0.717) is 24.5 Å². The van der Waals surface area contributed by atoms with E-state index in [2.05, 4.69) is 4.90 Å². The van der Waals surface area contributed by atoms with Crippen LogP contribution in [-0.4, -0.2) is 17.0 Å². The summed E-state index contributed by atoms with van der Waals surface area (Å²) >= 11 is 0. The van der Waals surface area contributed by atoms with E-state index in [-0.39, 0.29) is 11.4 Å². The Morgan fingerprint density at radius 3 is 2.22 bits per heavy atom. The molecule has 1 saturated carbocycles. The van der Waals surface area contributed by atoms with Crippen molar-refractivity contribution in [3.8, 4) is 17.2 Å². The van der Waals surface area contributed by atoms with Gasteiger partial charge in [0.1, 0.15) is 17.7 Å². The van der Waals surface area contributed by atoms with Crippen molar-refractivity contribution in [1.29, 1.82) is 5.26 Å². The predicted octanol–water partition coefficient (Wildman–Crippen LogP) is 5.51. The van der Waals surface area contributed by atoms with Gasteiger partial charge in [-0.25, -0.2) is 8.78 Å². The predicted molar refractivity (Wildman–Crippen MR) is 100 cm³/mol. The third kappa shape index (κ3) is 2.85. The van der Waals surface area contributed by atoms with E-state index in [9.17, 15) is 8.78 Å². The largest absolute Gasteiger partial charge is 0.293 e. The van der Waals surface area contributed by atoms with Gasteiger partial charge in [-0.3, -0.25) is 4.90 Å². The summed E-state index contributed by atoms with van der Waals surface area (Å²) in [5.41, 5.74) is 3.56. The molecule has 0 unspecified atom stereocenters. The van der Waals surface area contributed by atoms with Gasteiger partial charge < -0.3 is 0 Å². The van der Waals surface area contributed by atoms with E-state index in [1.165, 1.54) is 43.9 Å². The summed E-state index contributed by atoms with van der Waals surface area (Å²) in [6.45, 7) is 0.666. The van der Waals surface area contributed by atoms with Crippen LogP contribution in [0.25, 0.3) is 11.1 Å². The SMILES string of the molecule is N#Cc1ccc(-c2ccc(F)c(CN3C4CCC3CC4)c2C2CC2)cc1F. The lowest BCUT2D eigenvalue weighted by Gasteiger charge is -2.25. The molecule has 0 aromatic heterocycles. The Kier molecular flexibility index (Phi) is 4.02. The summed E-state index contributed by atoms with van der Waals surface area (Å²) in [5.74, 6) is -0.286. The average Bonchev–Trinajstić information content (AvgIpc) is 3.37. The highest BCUT2D eigenvalue weighted by molar-refractivity contribution is 5.71. The molecule has 4 heteroatoms. The first-order valence-electron chi connectivity index (χ1n) is 9.92. The number of benzene rings is 2. The quantitative estimate of drug-likeness (QED) is 0.715. The minimum absolute atomic E-state index is 0.0442. The summed E-state index contributed by atoms with van der Waals surface area (Å²) in [6, 6.07) is 11.1. The minimum atomic E-state index is -0.514. The molecular weight excluding hydrogens is 342 g/mol. The van der Waals surface area contributed by atoms with Crippen LogP contribution in [-0.2, 0) is 6.54 Å². The Labute approximate surface area is 158 Å². The van der Waals surface area contributed by atoms with E-state index >= 15 is 0 Å². The molecule has 27 heavy (non-hydrogen) atoms. The van der Waals surface area contributed by atoms with Crippen LogP contribution in [0.15, 0.2) is 30.3 Å². The van der Waals surface area contributed by atoms with Crippen molar-refractivity contribution in [2.24, 2.45) is 0 Å². The van der Waals surface area contributed by atoms with Crippen LogP contribution in [0, 0.1) is 23.0 Å². The van der Waals surface area contributed by atoms with Gasteiger partial charge in [0.15, 0.2) is 0 Å². The fourth-order valence-corrected chi connectivity index (χ4v) is 5.12. The first-order valence-corrected chi connectivity index (χ1v) is 9.92. The molecular formula is C23H22F2N2.